The minimum Gasteiger partial charge on any atom is -0.337 e. The maximum atomic E-state index is 13.3. The van der Waals surface area contributed by atoms with E-state index in [0.717, 1.165) is 34.2 Å². The molecule has 4 aromatic rings. The summed E-state index contributed by atoms with van der Waals surface area (Å²) in [6, 6.07) is 20.5. The molecule has 3 heterocycles. The quantitative estimate of drug-likeness (QED) is 0.314. The Hall–Kier alpha value is -3.69. The molecular weight excluding hydrogens is 535 g/mol. The van der Waals surface area contributed by atoms with Crippen molar-refractivity contribution in [2.75, 3.05) is 26.2 Å². The summed E-state index contributed by atoms with van der Waals surface area (Å²) < 4.78 is 40.5. The third kappa shape index (κ3) is 5.11. The van der Waals surface area contributed by atoms with Crippen LogP contribution in [0.2, 0.25) is 0 Å². The highest BCUT2D eigenvalue weighted by Crippen LogP contribution is 2.37. The van der Waals surface area contributed by atoms with Gasteiger partial charge >= 0.3 is 6.18 Å². The van der Waals surface area contributed by atoms with Crippen LogP contribution >= 0.6 is 11.3 Å². The summed E-state index contributed by atoms with van der Waals surface area (Å²) in [5.41, 5.74) is 2.04. The topological polar surface area (TPSA) is 52.7 Å². The number of hydrogen-bond donors (Lipinski definition) is 1. The number of likely N-dealkylation sites (tertiary alicyclic amines) is 2. The van der Waals surface area contributed by atoms with Gasteiger partial charge < -0.3 is 15.1 Å². The number of alkyl halides is 3. The minimum atomic E-state index is -4.40. The normalized spacial score (nSPS) is 17.9. The first kappa shape index (κ1) is 26.5. The molecule has 2 amide bonds. The third-order valence-electron chi connectivity index (χ3n) is 7.79. The van der Waals surface area contributed by atoms with Crippen LogP contribution in [0.5, 0.6) is 0 Å². The van der Waals surface area contributed by atoms with Crippen molar-refractivity contribution in [3.63, 3.8) is 0 Å². The van der Waals surface area contributed by atoms with Crippen LogP contribution in [0.1, 0.15) is 37.6 Å². The van der Waals surface area contributed by atoms with Gasteiger partial charge in [0.05, 0.1) is 10.4 Å². The van der Waals surface area contributed by atoms with Gasteiger partial charge in [-0.1, -0.05) is 36.4 Å². The van der Waals surface area contributed by atoms with Crippen molar-refractivity contribution < 1.29 is 22.8 Å². The zero-order valence-electron chi connectivity index (χ0n) is 21.9. The fourth-order valence-corrected chi connectivity index (χ4v) is 6.71. The largest absolute Gasteiger partial charge is 0.416 e. The minimum absolute atomic E-state index is 0.0235. The molecule has 0 aliphatic carbocycles. The lowest BCUT2D eigenvalue weighted by molar-refractivity contribution is -0.137. The standard InChI is InChI=1S/C31H28F3N3O2S/c1-19-26-15-22(21-8-5-9-23(14-21)31(32,33)34)10-11-27(26)40-28(19)30(39)37-17-25(18-37)35-24-12-13-36(16-24)29(38)20-6-3-2-4-7-20/h2-11,14-15,24-25,35H,12-13,16-18H2,1H3. The molecule has 206 valence electrons. The van der Waals surface area contributed by atoms with E-state index in [2.05, 4.69) is 5.32 Å². The lowest BCUT2D eigenvalue weighted by atomic mass is 10.00. The molecule has 5 nitrogen and oxygen atoms in total. The lowest BCUT2D eigenvalue weighted by Crippen LogP contribution is -2.62. The maximum absolute atomic E-state index is 13.3. The van der Waals surface area contributed by atoms with E-state index in [1.54, 1.807) is 12.1 Å². The van der Waals surface area contributed by atoms with Crippen LogP contribution in [-0.4, -0.2) is 59.9 Å². The van der Waals surface area contributed by atoms with Crippen molar-refractivity contribution >= 4 is 33.2 Å². The molecule has 2 fully saturated rings. The van der Waals surface area contributed by atoms with Crippen molar-refractivity contribution in [2.45, 2.75) is 31.6 Å². The van der Waals surface area contributed by atoms with Gasteiger partial charge in [-0.15, -0.1) is 11.3 Å². The summed E-state index contributed by atoms with van der Waals surface area (Å²) in [5.74, 6) is 0.0245. The fraction of sp³-hybridized carbons (Fsp3) is 0.290. The molecule has 9 heteroatoms. The number of nitrogens with one attached hydrogen (secondary N) is 1. The van der Waals surface area contributed by atoms with Crippen LogP contribution in [-0.2, 0) is 6.18 Å². The number of carbonyl (C=O) groups is 2. The number of nitrogens with zero attached hydrogens (tertiary/aromatic N) is 2. The summed E-state index contributed by atoms with van der Waals surface area (Å²) >= 11 is 1.42. The van der Waals surface area contributed by atoms with Gasteiger partial charge in [-0.25, -0.2) is 0 Å². The van der Waals surface area contributed by atoms with E-state index in [1.165, 1.54) is 17.4 Å². The molecule has 0 radical (unpaired) electrons. The van der Waals surface area contributed by atoms with E-state index < -0.39 is 11.7 Å². The molecule has 3 aromatic carbocycles. The number of halogens is 3. The first-order valence-corrected chi connectivity index (χ1v) is 14.1. The number of fused-ring (bicyclic) bond motifs is 1. The molecule has 2 saturated heterocycles. The third-order valence-corrected chi connectivity index (χ3v) is 9.05. The number of rotatable bonds is 5. The SMILES string of the molecule is Cc1c(C(=O)N2CC(NC3CCN(C(=O)c4ccccc4)C3)C2)sc2ccc(-c3cccc(C(F)(F)F)c3)cc12. The van der Waals surface area contributed by atoms with E-state index in [1.807, 2.05) is 59.2 Å². The molecule has 40 heavy (non-hydrogen) atoms. The van der Waals surface area contributed by atoms with Crippen LogP contribution in [0.3, 0.4) is 0 Å². The highest BCUT2D eigenvalue weighted by Gasteiger charge is 2.36. The number of aryl methyl sites for hydroxylation is 1. The molecule has 6 rings (SSSR count). The number of carbonyl (C=O) groups excluding carboxylic acids is 2. The number of amides is 2. The molecule has 1 atom stereocenters. The highest BCUT2D eigenvalue weighted by atomic mass is 32.1. The number of thiophene rings is 1. The van der Waals surface area contributed by atoms with Gasteiger partial charge in [0.15, 0.2) is 0 Å². The molecule has 0 bridgehead atoms. The predicted molar refractivity (Wildman–Crippen MR) is 151 cm³/mol. The van der Waals surface area contributed by atoms with Crippen molar-refractivity contribution in [2.24, 2.45) is 0 Å². The average Bonchev–Trinajstić information content (AvgIpc) is 3.54. The Morgan fingerprint density at radius 1 is 0.850 bits per heavy atom. The summed E-state index contributed by atoms with van der Waals surface area (Å²) in [4.78, 5) is 30.4. The van der Waals surface area contributed by atoms with E-state index in [9.17, 15) is 22.8 Å². The second-order valence-electron chi connectivity index (χ2n) is 10.5. The Bertz CT molecular complexity index is 1580. The molecule has 1 N–H and O–H groups in total. The van der Waals surface area contributed by atoms with Crippen LogP contribution in [0.15, 0.2) is 72.8 Å². The van der Waals surface area contributed by atoms with Gasteiger partial charge in [0.25, 0.3) is 11.8 Å². The second kappa shape index (κ2) is 10.4. The van der Waals surface area contributed by atoms with Crippen molar-refractivity contribution in [1.29, 1.82) is 0 Å². The van der Waals surface area contributed by atoms with Crippen LogP contribution in [0.4, 0.5) is 13.2 Å². The fourth-order valence-electron chi connectivity index (χ4n) is 5.55. The molecule has 2 aliphatic heterocycles. The highest BCUT2D eigenvalue weighted by molar-refractivity contribution is 7.21. The molecular formula is C31H28F3N3O2S. The lowest BCUT2D eigenvalue weighted by Gasteiger charge is -2.41. The van der Waals surface area contributed by atoms with Gasteiger partial charge in [0.2, 0.25) is 0 Å². The molecule has 0 spiro atoms. The Balaban J connectivity index is 1.09. The van der Waals surface area contributed by atoms with Crippen LogP contribution in [0.25, 0.3) is 21.2 Å². The van der Waals surface area contributed by atoms with Crippen LogP contribution < -0.4 is 5.32 Å². The molecule has 0 saturated carbocycles. The predicted octanol–water partition coefficient (Wildman–Crippen LogP) is 6.22. The summed E-state index contributed by atoms with van der Waals surface area (Å²) in [5, 5.41) is 4.49. The zero-order chi connectivity index (χ0) is 28.0. The molecule has 2 aliphatic rings. The van der Waals surface area contributed by atoms with Gasteiger partial charge in [-0.05, 0) is 71.8 Å². The molecule has 1 unspecified atom stereocenters. The average molecular weight is 564 g/mol. The van der Waals surface area contributed by atoms with Gasteiger partial charge in [-0.2, -0.15) is 13.2 Å². The Morgan fingerprint density at radius 3 is 2.33 bits per heavy atom. The van der Waals surface area contributed by atoms with Crippen molar-refractivity contribution in [1.82, 2.24) is 15.1 Å². The van der Waals surface area contributed by atoms with Crippen molar-refractivity contribution in [3.8, 4) is 11.1 Å². The van der Waals surface area contributed by atoms with E-state index in [0.29, 0.717) is 47.7 Å². The van der Waals surface area contributed by atoms with Gasteiger partial charge in [-0.3, -0.25) is 9.59 Å². The Kier molecular flexibility index (Phi) is 6.88. The first-order chi connectivity index (χ1) is 19.2. The molecule has 1 aromatic heterocycles. The first-order valence-electron chi connectivity index (χ1n) is 13.3. The maximum Gasteiger partial charge on any atom is 0.416 e. The van der Waals surface area contributed by atoms with Gasteiger partial charge in [0, 0.05) is 48.5 Å². The summed E-state index contributed by atoms with van der Waals surface area (Å²) in [7, 11) is 0. The summed E-state index contributed by atoms with van der Waals surface area (Å²) in [6.07, 6.45) is -3.52. The van der Waals surface area contributed by atoms with E-state index in [4.69, 9.17) is 0 Å². The Labute approximate surface area is 234 Å². The zero-order valence-corrected chi connectivity index (χ0v) is 22.7. The number of hydrogen-bond acceptors (Lipinski definition) is 4. The number of benzene rings is 3. The van der Waals surface area contributed by atoms with Crippen molar-refractivity contribution in [3.05, 3.63) is 94.4 Å². The monoisotopic (exact) mass is 563 g/mol. The smallest absolute Gasteiger partial charge is 0.337 e. The summed E-state index contributed by atoms with van der Waals surface area (Å²) in [6.45, 7) is 4.47. The van der Waals surface area contributed by atoms with E-state index in [-0.39, 0.29) is 23.9 Å². The Morgan fingerprint density at radius 2 is 1.57 bits per heavy atom. The van der Waals surface area contributed by atoms with E-state index >= 15 is 0 Å². The van der Waals surface area contributed by atoms with Gasteiger partial charge in [0.1, 0.15) is 0 Å². The second-order valence-corrected chi connectivity index (χ2v) is 11.6. The van der Waals surface area contributed by atoms with Crippen LogP contribution in [0, 0.1) is 6.92 Å².